The molecule has 18 heavy (non-hydrogen) atoms. The Morgan fingerprint density at radius 2 is 1.50 bits per heavy atom. The lowest BCUT2D eigenvalue weighted by Crippen LogP contribution is -2.55. The summed E-state index contributed by atoms with van der Waals surface area (Å²) in [5.74, 6) is 0.735. The Morgan fingerprint density at radius 3 is 1.94 bits per heavy atom. The van der Waals surface area contributed by atoms with Crippen LogP contribution in [0.2, 0.25) is 0 Å². The molecule has 0 amide bonds. The Kier molecular flexibility index (Phi) is 7.20. The van der Waals surface area contributed by atoms with Crippen LogP contribution < -0.4 is 5.32 Å². The Bertz CT molecular complexity index is 210. The van der Waals surface area contributed by atoms with Crippen molar-refractivity contribution in [2.24, 2.45) is 5.92 Å². The van der Waals surface area contributed by atoms with E-state index in [1.54, 1.807) is 0 Å². The van der Waals surface area contributed by atoms with Gasteiger partial charge >= 0.3 is 0 Å². The molecule has 0 spiro atoms. The van der Waals surface area contributed by atoms with E-state index in [9.17, 15) is 0 Å². The number of nitrogens with zero attached hydrogens (tertiary/aromatic N) is 2. The Balaban J connectivity index is 2.43. The van der Waals surface area contributed by atoms with Gasteiger partial charge in [-0.05, 0) is 25.8 Å². The van der Waals surface area contributed by atoms with Gasteiger partial charge in [0.1, 0.15) is 0 Å². The van der Waals surface area contributed by atoms with Gasteiger partial charge in [0.05, 0.1) is 0 Å². The molecule has 108 valence electrons. The van der Waals surface area contributed by atoms with E-state index in [2.05, 4.69) is 49.7 Å². The number of hydrogen-bond acceptors (Lipinski definition) is 3. The standard InChI is InChI=1S/C15H33N3/c1-6-14(5)17-8-10-18(11-9-17)15(13(3)4)12-16-7-2/h13-16H,6-12H2,1-5H3. The third kappa shape index (κ3) is 4.52. The first-order valence-corrected chi connectivity index (χ1v) is 7.78. The van der Waals surface area contributed by atoms with Crippen LogP contribution in [0.25, 0.3) is 0 Å². The number of likely N-dealkylation sites (N-methyl/N-ethyl adjacent to an activating group) is 1. The van der Waals surface area contributed by atoms with E-state index in [4.69, 9.17) is 0 Å². The molecule has 0 aliphatic carbocycles. The highest BCUT2D eigenvalue weighted by atomic mass is 15.3. The fraction of sp³-hybridized carbons (Fsp3) is 1.00. The third-order valence-corrected chi connectivity index (χ3v) is 4.41. The van der Waals surface area contributed by atoms with E-state index in [1.165, 1.54) is 32.6 Å². The zero-order valence-electron chi connectivity index (χ0n) is 13.1. The Labute approximate surface area is 114 Å². The Morgan fingerprint density at radius 1 is 0.944 bits per heavy atom. The smallest absolute Gasteiger partial charge is 0.0244 e. The minimum Gasteiger partial charge on any atom is -0.315 e. The van der Waals surface area contributed by atoms with Crippen LogP contribution >= 0.6 is 0 Å². The molecule has 3 heteroatoms. The first-order valence-electron chi connectivity index (χ1n) is 7.78. The summed E-state index contributed by atoms with van der Waals surface area (Å²) >= 11 is 0. The van der Waals surface area contributed by atoms with Gasteiger partial charge in [0.25, 0.3) is 0 Å². The van der Waals surface area contributed by atoms with Gasteiger partial charge in [0.2, 0.25) is 0 Å². The lowest BCUT2D eigenvalue weighted by molar-refractivity contribution is 0.0571. The number of rotatable bonds is 7. The number of piperazine rings is 1. The number of hydrogen-bond donors (Lipinski definition) is 1. The second-order valence-corrected chi connectivity index (χ2v) is 5.95. The van der Waals surface area contributed by atoms with E-state index in [0.29, 0.717) is 6.04 Å². The van der Waals surface area contributed by atoms with Gasteiger partial charge in [0, 0.05) is 44.8 Å². The molecule has 0 saturated carbocycles. The van der Waals surface area contributed by atoms with Gasteiger partial charge in [-0.25, -0.2) is 0 Å². The van der Waals surface area contributed by atoms with Gasteiger partial charge in [-0.15, -0.1) is 0 Å². The maximum absolute atomic E-state index is 3.52. The van der Waals surface area contributed by atoms with Gasteiger partial charge in [-0.2, -0.15) is 0 Å². The summed E-state index contributed by atoms with van der Waals surface area (Å²) in [4.78, 5) is 5.33. The van der Waals surface area contributed by atoms with Crippen LogP contribution in [0.4, 0.5) is 0 Å². The molecule has 0 aromatic rings. The van der Waals surface area contributed by atoms with Crippen molar-refractivity contribution < 1.29 is 0 Å². The molecule has 0 aromatic heterocycles. The molecule has 0 aromatic carbocycles. The molecule has 1 rings (SSSR count). The van der Waals surface area contributed by atoms with Crippen LogP contribution in [-0.2, 0) is 0 Å². The van der Waals surface area contributed by atoms with Crippen molar-refractivity contribution in [3.05, 3.63) is 0 Å². The third-order valence-electron chi connectivity index (χ3n) is 4.41. The minimum atomic E-state index is 0.698. The zero-order chi connectivity index (χ0) is 13.5. The molecular weight excluding hydrogens is 222 g/mol. The molecule has 0 radical (unpaired) electrons. The highest BCUT2D eigenvalue weighted by Gasteiger charge is 2.26. The van der Waals surface area contributed by atoms with Crippen molar-refractivity contribution in [3.63, 3.8) is 0 Å². The van der Waals surface area contributed by atoms with Crippen molar-refractivity contribution in [2.75, 3.05) is 39.3 Å². The molecule has 1 heterocycles. The Hall–Kier alpha value is -0.120. The fourth-order valence-electron chi connectivity index (χ4n) is 2.85. The molecule has 0 bridgehead atoms. The molecular formula is C15H33N3. The van der Waals surface area contributed by atoms with E-state index in [-0.39, 0.29) is 0 Å². The molecule has 3 nitrogen and oxygen atoms in total. The molecule has 1 N–H and O–H groups in total. The van der Waals surface area contributed by atoms with Gasteiger partial charge < -0.3 is 5.32 Å². The summed E-state index contributed by atoms with van der Waals surface area (Å²) in [5.41, 5.74) is 0. The first kappa shape index (κ1) is 15.9. The van der Waals surface area contributed by atoms with E-state index in [0.717, 1.165) is 25.0 Å². The quantitative estimate of drug-likeness (QED) is 0.751. The summed E-state index contributed by atoms with van der Waals surface area (Å²) in [6.07, 6.45) is 1.27. The maximum atomic E-state index is 3.52. The van der Waals surface area contributed by atoms with Crippen molar-refractivity contribution in [3.8, 4) is 0 Å². The zero-order valence-corrected chi connectivity index (χ0v) is 13.1. The summed E-state index contributed by atoms with van der Waals surface area (Å²) in [6, 6.07) is 1.45. The van der Waals surface area contributed by atoms with E-state index < -0.39 is 0 Å². The van der Waals surface area contributed by atoms with Crippen LogP contribution in [0.15, 0.2) is 0 Å². The average Bonchev–Trinajstić information content (AvgIpc) is 2.38. The first-order chi connectivity index (χ1) is 8.60. The average molecular weight is 255 g/mol. The minimum absolute atomic E-state index is 0.698. The van der Waals surface area contributed by atoms with E-state index >= 15 is 0 Å². The SMILES string of the molecule is CCNCC(C(C)C)N1CCN(C(C)CC)CC1. The second-order valence-electron chi connectivity index (χ2n) is 5.95. The molecule has 1 aliphatic rings. The van der Waals surface area contributed by atoms with Crippen LogP contribution in [0.5, 0.6) is 0 Å². The molecule has 1 saturated heterocycles. The lowest BCUT2D eigenvalue weighted by Gasteiger charge is -2.42. The van der Waals surface area contributed by atoms with E-state index in [1.807, 2.05) is 0 Å². The largest absolute Gasteiger partial charge is 0.315 e. The molecule has 1 aliphatic heterocycles. The molecule has 2 unspecified atom stereocenters. The summed E-state index contributed by atoms with van der Waals surface area (Å²) in [6.45, 7) is 18.7. The lowest BCUT2D eigenvalue weighted by atomic mass is 10.0. The summed E-state index contributed by atoms with van der Waals surface area (Å²) in [7, 11) is 0. The van der Waals surface area contributed by atoms with Crippen LogP contribution in [0.1, 0.15) is 41.0 Å². The molecule has 1 fully saturated rings. The van der Waals surface area contributed by atoms with Crippen molar-refractivity contribution in [1.82, 2.24) is 15.1 Å². The van der Waals surface area contributed by atoms with Gasteiger partial charge in [-0.3, -0.25) is 9.80 Å². The van der Waals surface area contributed by atoms with Crippen molar-refractivity contribution >= 4 is 0 Å². The highest BCUT2D eigenvalue weighted by Crippen LogP contribution is 2.15. The molecule has 2 atom stereocenters. The number of nitrogens with one attached hydrogen (secondary N) is 1. The summed E-state index contributed by atoms with van der Waals surface area (Å²) in [5, 5.41) is 3.52. The van der Waals surface area contributed by atoms with Gasteiger partial charge in [0.15, 0.2) is 0 Å². The van der Waals surface area contributed by atoms with Crippen molar-refractivity contribution in [2.45, 2.75) is 53.1 Å². The summed E-state index contributed by atoms with van der Waals surface area (Å²) < 4.78 is 0. The van der Waals surface area contributed by atoms with Crippen molar-refractivity contribution in [1.29, 1.82) is 0 Å². The highest BCUT2D eigenvalue weighted by molar-refractivity contribution is 4.83. The van der Waals surface area contributed by atoms with Crippen LogP contribution in [0, 0.1) is 5.92 Å². The topological polar surface area (TPSA) is 18.5 Å². The fourth-order valence-corrected chi connectivity index (χ4v) is 2.85. The predicted molar refractivity (Wildman–Crippen MR) is 80.1 cm³/mol. The maximum Gasteiger partial charge on any atom is 0.0244 e. The normalized spacial score (nSPS) is 22.3. The second kappa shape index (κ2) is 8.13. The van der Waals surface area contributed by atoms with Crippen LogP contribution in [-0.4, -0.2) is 61.2 Å². The van der Waals surface area contributed by atoms with Gasteiger partial charge in [-0.1, -0.05) is 27.7 Å². The monoisotopic (exact) mass is 255 g/mol. The van der Waals surface area contributed by atoms with Crippen LogP contribution in [0.3, 0.4) is 0 Å². The predicted octanol–water partition coefficient (Wildman–Crippen LogP) is 2.04.